The summed E-state index contributed by atoms with van der Waals surface area (Å²) in [4.78, 5) is 13.0. The molecule has 0 atom stereocenters. The average Bonchev–Trinajstić information content (AvgIpc) is 2.53. The third-order valence-electron chi connectivity index (χ3n) is 3.17. The predicted molar refractivity (Wildman–Crippen MR) is 90.8 cm³/mol. The number of benzene rings is 2. The van der Waals surface area contributed by atoms with Gasteiger partial charge in [0.25, 0.3) is 0 Å². The summed E-state index contributed by atoms with van der Waals surface area (Å²) in [7, 11) is 0. The highest BCUT2D eigenvalue weighted by Gasteiger charge is 2.03. The third-order valence-corrected chi connectivity index (χ3v) is 4.18. The molecular weight excluding hydrogens is 278 g/mol. The molecule has 0 aromatic heterocycles. The molecule has 1 amide bonds. The van der Waals surface area contributed by atoms with Crippen molar-refractivity contribution in [2.24, 2.45) is 0 Å². The summed E-state index contributed by atoms with van der Waals surface area (Å²) in [5, 5.41) is 2.94. The van der Waals surface area contributed by atoms with E-state index in [1.54, 1.807) is 11.8 Å². The topological polar surface area (TPSA) is 29.1 Å². The van der Waals surface area contributed by atoms with Crippen LogP contribution >= 0.6 is 11.8 Å². The highest BCUT2D eigenvalue weighted by Crippen LogP contribution is 2.17. The average molecular weight is 299 g/mol. The number of anilines is 1. The Morgan fingerprint density at radius 2 is 1.76 bits per heavy atom. The molecule has 3 heteroatoms. The van der Waals surface area contributed by atoms with Gasteiger partial charge in [0.05, 0.1) is 5.75 Å². The van der Waals surface area contributed by atoms with Crippen LogP contribution in [0.3, 0.4) is 0 Å². The smallest absolute Gasteiger partial charge is 0.234 e. The summed E-state index contributed by atoms with van der Waals surface area (Å²) in [6.45, 7) is 2.19. The number of carbonyl (C=O) groups excluding carboxylic acids is 1. The van der Waals surface area contributed by atoms with Crippen LogP contribution in [0.25, 0.3) is 0 Å². The summed E-state index contributed by atoms with van der Waals surface area (Å²) in [5.74, 6) is 0.465. The number of amides is 1. The zero-order valence-corrected chi connectivity index (χ0v) is 13.2. The first-order valence-electron chi connectivity index (χ1n) is 7.34. The van der Waals surface area contributed by atoms with Gasteiger partial charge in [-0.05, 0) is 42.7 Å². The second-order valence-electron chi connectivity index (χ2n) is 4.95. The molecule has 2 rings (SSSR count). The molecule has 0 fully saturated rings. The zero-order chi connectivity index (χ0) is 14.9. The van der Waals surface area contributed by atoms with E-state index in [1.165, 1.54) is 18.4 Å². The molecule has 0 unspecified atom stereocenters. The Morgan fingerprint density at radius 3 is 2.43 bits per heavy atom. The predicted octanol–water partition coefficient (Wildman–Crippen LogP) is 4.76. The first kappa shape index (κ1) is 15.6. The number of nitrogens with one attached hydrogen (secondary N) is 1. The van der Waals surface area contributed by atoms with E-state index in [1.807, 2.05) is 42.5 Å². The molecule has 0 radical (unpaired) electrons. The number of rotatable bonds is 7. The van der Waals surface area contributed by atoms with E-state index in [9.17, 15) is 4.79 Å². The molecule has 2 aromatic rings. The fraction of sp³-hybridized carbons (Fsp3) is 0.278. The maximum Gasteiger partial charge on any atom is 0.234 e. The Morgan fingerprint density at radius 1 is 1.05 bits per heavy atom. The summed E-state index contributed by atoms with van der Waals surface area (Å²) in [5.41, 5.74) is 2.20. The largest absolute Gasteiger partial charge is 0.325 e. The van der Waals surface area contributed by atoms with Gasteiger partial charge in [-0.3, -0.25) is 4.79 Å². The molecule has 0 saturated carbocycles. The van der Waals surface area contributed by atoms with E-state index in [2.05, 4.69) is 24.4 Å². The van der Waals surface area contributed by atoms with Gasteiger partial charge in [0.15, 0.2) is 0 Å². The molecule has 110 valence electrons. The summed E-state index contributed by atoms with van der Waals surface area (Å²) in [6, 6.07) is 18.1. The molecule has 0 spiro atoms. The maximum atomic E-state index is 11.9. The highest BCUT2D eigenvalue weighted by atomic mass is 32.2. The van der Waals surface area contributed by atoms with Gasteiger partial charge >= 0.3 is 0 Å². The van der Waals surface area contributed by atoms with Crippen molar-refractivity contribution in [3.05, 3.63) is 60.2 Å². The molecule has 21 heavy (non-hydrogen) atoms. The molecule has 0 bridgehead atoms. The van der Waals surface area contributed by atoms with Crippen molar-refractivity contribution in [1.82, 2.24) is 0 Å². The lowest BCUT2D eigenvalue weighted by atomic mass is 10.1. The SMILES string of the molecule is CCCCc1ccc(NC(=O)CSc2ccccc2)cc1. The third kappa shape index (κ3) is 5.64. The van der Waals surface area contributed by atoms with E-state index < -0.39 is 0 Å². The molecule has 2 aromatic carbocycles. The minimum Gasteiger partial charge on any atom is -0.325 e. The Kier molecular flexibility index (Phi) is 6.35. The van der Waals surface area contributed by atoms with Crippen LogP contribution in [0.2, 0.25) is 0 Å². The van der Waals surface area contributed by atoms with Crippen molar-refractivity contribution in [3.8, 4) is 0 Å². The van der Waals surface area contributed by atoms with Gasteiger partial charge in [0.2, 0.25) is 5.91 Å². The first-order chi connectivity index (χ1) is 10.3. The molecule has 0 aliphatic carbocycles. The van der Waals surface area contributed by atoms with Crippen LogP contribution in [0, 0.1) is 0 Å². The molecule has 0 saturated heterocycles. The van der Waals surface area contributed by atoms with Gasteiger partial charge in [-0.1, -0.05) is 43.7 Å². The van der Waals surface area contributed by atoms with Crippen molar-refractivity contribution >= 4 is 23.4 Å². The van der Waals surface area contributed by atoms with Gasteiger partial charge in [-0.2, -0.15) is 0 Å². The van der Waals surface area contributed by atoms with Crippen LogP contribution in [0.15, 0.2) is 59.5 Å². The lowest BCUT2D eigenvalue weighted by Crippen LogP contribution is -2.13. The van der Waals surface area contributed by atoms with Gasteiger partial charge in [-0.25, -0.2) is 0 Å². The van der Waals surface area contributed by atoms with E-state index in [0.717, 1.165) is 17.0 Å². The van der Waals surface area contributed by atoms with Crippen LogP contribution in [-0.4, -0.2) is 11.7 Å². The summed E-state index contributed by atoms with van der Waals surface area (Å²) >= 11 is 1.55. The number of unbranched alkanes of at least 4 members (excludes halogenated alkanes) is 1. The fourth-order valence-corrected chi connectivity index (χ4v) is 2.72. The second kappa shape index (κ2) is 8.53. The number of thioether (sulfide) groups is 1. The fourth-order valence-electron chi connectivity index (χ4n) is 2.00. The normalized spacial score (nSPS) is 10.3. The van der Waals surface area contributed by atoms with Crippen molar-refractivity contribution in [2.45, 2.75) is 31.1 Å². The quantitative estimate of drug-likeness (QED) is 0.747. The maximum absolute atomic E-state index is 11.9. The summed E-state index contributed by atoms with van der Waals surface area (Å²) < 4.78 is 0. The first-order valence-corrected chi connectivity index (χ1v) is 8.33. The van der Waals surface area contributed by atoms with E-state index >= 15 is 0 Å². The highest BCUT2D eigenvalue weighted by molar-refractivity contribution is 8.00. The molecule has 2 nitrogen and oxygen atoms in total. The Bertz CT molecular complexity index is 551. The van der Waals surface area contributed by atoms with E-state index in [4.69, 9.17) is 0 Å². The van der Waals surface area contributed by atoms with Crippen molar-refractivity contribution in [1.29, 1.82) is 0 Å². The number of hydrogen-bond acceptors (Lipinski definition) is 2. The van der Waals surface area contributed by atoms with Gasteiger partial charge in [0.1, 0.15) is 0 Å². The van der Waals surface area contributed by atoms with Crippen LogP contribution in [0.4, 0.5) is 5.69 Å². The minimum atomic E-state index is 0.0326. The van der Waals surface area contributed by atoms with Crippen molar-refractivity contribution in [2.75, 3.05) is 11.1 Å². The van der Waals surface area contributed by atoms with E-state index in [-0.39, 0.29) is 5.91 Å². The van der Waals surface area contributed by atoms with Gasteiger partial charge in [-0.15, -0.1) is 11.8 Å². The molecule has 1 N–H and O–H groups in total. The molecule has 0 aliphatic rings. The summed E-state index contributed by atoms with van der Waals surface area (Å²) in [6.07, 6.45) is 3.52. The standard InChI is InChI=1S/C18H21NOS/c1-2-3-7-15-10-12-16(13-11-15)19-18(20)14-21-17-8-5-4-6-9-17/h4-6,8-13H,2-3,7,14H2,1H3,(H,19,20). The Labute approximate surface area is 131 Å². The van der Waals surface area contributed by atoms with Gasteiger partial charge < -0.3 is 5.32 Å². The van der Waals surface area contributed by atoms with Crippen LogP contribution in [-0.2, 0) is 11.2 Å². The Balaban J connectivity index is 1.79. The van der Waals surface area contributed by atoms with Crippen LogP contribution in [0.1, 0.15) is 25.3 Å². The molecule has 0 aliphatic heterocycles. The number of hydrogen-bond donors (Lipinski definition) is 1. The second-order valence-corrected chi connectivity index (χ2v) is 6.00. The van der Waals surface area contributed by atoms with Crippen LogP contribution in [0.5, 0.6) is 0 Å². The van der Waals surface area contributed by atoms with Crippen LogP contribution < -0.4 is 5.32 Å². The zero-order valence-electron chi connectivity index (χ0n) is 12.3. The minimum absolute atomic E-state index is 0.0326. The Hall–Kier alpha value is -1.74. The number of aryl methyl sites for hydroxylation is 1. The van der Waals surface area contributed by atoms with Gasteiger partial charge in [0, 0.05) is 10.6 Å². The molecular formula is C18H21NOS. The lowest BCUT2D eigenvalue weighted by Gasteiger charge is -2.06. The molecule has 0 heterocycles. The van der Waals surface area contributed by atoms with Crippen molar-refractivity contribution < 1.29 is 4.79 Å². The number of carbonyl (C=O) groups is 1. The lowest BCUT2D eigenvalue weighted by molar-refractivity contribution is -0.113. The van der Waals surface area contributed by atoms with Crippen molar-refractivity contribution in [3.63, 3.8) is 0 Å². The van der Waals surface area contributed by atoms with E-state index in [0.29, 0.717) is 5.75 Å². The monoisotopic (exact) mass is 299 g/mol.